The van der Waals surface area contributed by atoms with Crippen molar-refractivity contribution in [2.75, 3.05) is 12.4 Å². The number of rotatable bonds is 4. The topological polar surface area (TPSA) is 43.4 Å². The largest absolute Gasteiger partial charge is 0.493 e. The van der Waals surface area contributed by atoms with Crippen molar-refractivity contribution in [3.05, 3.63) is 29.3 Å². The molecule has 0 aliphatic carbocycles. The summed E-state index contributed by atoms with van der Waals surface area (Å²) in [6.45, 7) is 5.21. The van der Waals surface area contributed by atoms with Gasteiger partial charge in [0.15, 0.2) is 9.84 Å². The monoisotopic (exact) mass is 276 g/mol. The summed E-state index contributed by atoms with van der Waals surface area (Å²) in [4.78, 5) is 0. The van der Waals surface area contributed by atoms with Crippen LogP contribution in [0.15, 0.2) is 24.3 Å². The van der Waals surface area contributed by atoms with Crippen molar-refractivity contribution < 1.29 is 13.2 Å². The molecule has 0 spiro atoms. The molecule has 0 amide bonds. The van der Waals surface area contributed by atoms with Gasteiger partial charge in [0.05, 0.1) is 10.5 Å². The van der Waals surface area contributed by atoms with Gasteiger partial charge in [0.1, 0.15) is 12.4 Å². The second-order valence-corrected chi connectivity index (χ2v) is 8.03. The molecule has 0 N–H and O–H groups in total. The molecule has 0 fully saturated rings. The fraction of sp³-hybridized carbons (Fsp3) is 0.500. The first kappa shape index (κ1) is 14.3. The van der Waals surface area contributed by atoms with E-state index in [1.54, 1.807) is 45.0 Å². The first-order valence-electron chi connectivity index (χ1n) is 5.33. The first-order chi connectivity index (χ1) is 7.72. The number of benzene rings is 1. The van der Waals surface area contributed by atoms with Gasteiger partial charge in [-0.2, -0.15) is 0 Å². The molecule has 96 valence electrons. The number of ether oxygens (including phenoxy) is 1. The van der Waals surface area contributed by atoms with Gasteiger partial charge in [-0.3, -0.25) is 0 Å². The Bertz CT molecular complexity index is 458. The minimum atomic E-state index is -3.13. The van der Waals surface area contributed by atoms with E-state index < -0.39 is 14.6 Å². The van der Waals surface area contributed by atoms with Crippen molar-refractivity contribution in [3.63, 3.8) is 0 Å². The second kappa shape index (κ2) is 5.27. The minimum absolute atomic E-state index is 0.0130. The van der Waals surface area contributed by atoms with Gasteiger partial charge in [0, 0.05) is 5.02 Å². The number of hydrogen-bond acceptors (Lipinski definition) is 3. The SMILES string of the molecule is CC(C)(C)S(=O)(=O)CCOc1ccc(Cl)cc1. The Morgan fingerprint density at radius 3 is 2.18 bits per heavy atom. The maximum Gasteiger partial charge on any atom is 0.158 e. The van der Waals surface area contributed by atoms with Gasteiger partial charge in [-0.15, -0.1) is 0 Å². The maximum absolute atomic E-state index is 11.8. The molecule has 0 aromatic heterocycles. The van der Waals surface area contributed by atoms with Crippen LogP contribution in [0.5, 0.6) is 5.75 Å². The zero-order chi connectivity index (χ0) is 13.1. The van der Waals surface area contributed by atoms with E-state index in [9.17, 15) is 8.42 Å². The van der Waals surface area contributed by atoms with Crippen LogP contribution in [0.3, 0.4) is 0 Å². The van der Waals surface area contributed by atoms with E-state index in [0.717, 1.165) is 0 Å². The molecule has 0 atom stereocenters. The number of halogens is 1. The summed E-state index contributed by atoms with van der Waals surface area (Å²) >= 11 is 5.73. The highest BCUT2D eigenvalue weighted by Crippen LogP contribution is 2.18. The summed E-state index contributed by atoms with van der Waals surface area (Å²) in [5, 5.41) is 0.625. The molecule has 1 rings (SSSR count). The smallest absolute Gasteiger partial charge is 0.158 e. The molecule has 0 radical (unpaired) electrons. The third-order valence-corrected chi connectivity index (χ3v) is 5.19. The molecular formula is C12H17ClO3S. The predicted octanol–water partition coefficient (Wildman–Crippen LogP) is 2.93. The Labute approximate surface area is 108 Å². The van der Waals surface area contributed by atoms with Crippen molar-refractivity contribution in [2.45, 2.75) is 25.5 Å². The molecule has 5 heteroatoms. The fourth-order valence-electron chi connectivity index (χ4n) is 1.11. The standard InChI is InChI=1S/C12H17ClO3S/c1-12(2,3)17(14,15)9-8-16-11-6-4-10(13)5-7-11/h4-7H,8-9H2,1-3H3. The van der Waals surface area contributed by atoms with Crippen LogP contribution in [0.1, 0.15) is 20.8 Å². The van der Waals surface area contributed by atoms with Crippen LogP contribution < -0.4 is 4.74 Å². The lowest BCUT2D eigenvalue weighted by molar-refractivity contribution is 0.340. The van der Waals surface area contributed by atoms with Crippen LogP contribution in [-0.4, -0.2) is 25.5 Å². The van der Waals surface area contributed by atoms with E-state index in [2.05, 4.69) is 0 Å². The zero-order valence-electron chi connectivity index (χ0n) is 10.2. The third-order valence-electron chi connectivity index (χ3n) is 2.37. The summed E-state index contributed by atoms with van der Waals surface area (Å²) in [6, 6.07) is 6.84. The predicted molar refractivity (Wildman–Crippen MR) is 70.5 cm³/mol. The van der Waals surface area contributed by atoms with E-state index in [-0.39, 0.29) is 12.4 Å². The molecule has 0 aliphatic heterocycles. The van der Waals surface area contributed by atoms with Gasteiger partial charge in [-0.05, 0) is 45.0 Å². The molecule has 0 saturated carbocycles. The minimum Gasteiger partial charge on any atom is -0.493 e. The Kier molecular flexibility index (Phi) is 4.44. The lowest BCUT2D eigenvalue weighted by atomic mass is 10.3. The summed E-state index contributed by atoms with van der Waals surface area (Å²) in [6.07, 6.45) is 0. The zero-order valence-corrected chi connectivity index (χ0v) is 11.8. The van der Waals surface area contributed by atoms with Crippen LogP contribution >= 0.6 is 11.6 Å². The summed E-state index contributed by atoms with van der Waals surface area (Å²) in [5.74, 6) is 0.637. The van der Waals surface area contributed by atoms with Crippen LogP contribution in [0.2, 0.25) is 5.02 Å². The van der Waals surface area contributed by atoms with Crippen LogP contribution in [0.4, 0.5) is 0 Å². The highest BCUT2D eigenvalue weighted by Gasteiger charge is 2.28. The van der Waals surface area contributed by atoms with Gasteiger partial charge in [0.2, 0.25) is 0 Å². The van der Waals surface area contributed by atoms with Crippen LogP contribution in [-0.2, 0) is 9.84 Å². The molecule has 1 aromatic carbocycles. The van der Waals surface area contributed by atoms with Crippen molar-refractivity contribution in [3.8, 4) is 5.75 Å². The molecule has 0 heterocycles. The van der Waals surface area contributed by atoms with E-state index in [1.807, 2.05) is 0 Å². The number of sulfone groups is 1. The Hall–Kier alpha value is -0.740. The third kappa shape index (κ3) is 4.21. The lowest BCUT2D eigenvalue weighted by Crippen LogP contribution is -2.32. The second-order valence-electron chi connectivity index (χ2n) is 4.73. The lowest BCUT2D eigenvalue weighted by Gasteiger charge is -2.19. The molecule has 0 saturated heterocycles. The normalized spacial score (nSPS) is 12.5. The summed E-state index contributed by atoms with van der Waals surface area (Å²) in [7, 11) is -3.13. The van der Waals surface area contributed by atoms with E-state index in [1.165, 1.54) is 0 Å². The maximum atomic E-state index is 11.8. The summed E-state index contributed by atoms with van der Waals surface area (Å²) in [5.41, 5.74) is 0. The molecular weight excluding hydrogens is 260 g/mol. The van der Waals surface area contributed by atoms with E-state index in [4.69, 9.17) is 16.3 Å². The molecule has 17 heavy (non-hydrogen) atoms. The van der Waals surface area contributed by atoms with Crippen molar-refractivity contribution in [2.24, 2.45) is 0 Å². The molecule has 0 unspecified atom stereocenters. The average Bonchev–Trinajstić information content (AvgIpc) is 2.19. The quantitative estimate of drug-likeness (QED) is 0.849. The van der Waals surface area contributed by atoms with Crippen LogP contribution in [0.25, 0.3) is 0 Å². The highest BCUT2D eigenvalue weighted by atomic mass is 35.5. The van der Waals surface area contributed by atoms with Gasteiger partial charge in [-0.1, -0.05) is 11.6 Å². The first-order valence-corrected chi connectivity index (χ1v) is 7.36. The Morgan fingerprint density at radius 1 is 1.18 bits per heavy atom. The van der Waals surface area contributed by atoms with Gasteiger partial charge in [-0.25, -0.2) is 8.42 Å². The Balaban J connectivity index is 2.52. The number of hydrogen-bond donors (Lipinski definition) is 0. The molecule has 0 aliphatic rings. The fourth-order valence-corrected chi connectivity index (χ4v) is 2.15. The van der Waals surface area contributed by atoms with Gasteiger partial charge in [0.25, 0.3) is 0 Å². The molecule has 1 aromatic rings. The van der Waals surface area contributed by atoms with Gasteiger partial charge >= 0.3 is 0 Å². The van der Waals surface area contributed by atoms with Crippen molar-refractivity contribution in [1.29, 1.82) is 0 Å². The van der Waals surface area contributed by atoms with Gasteiger partial charge < -0.3 is 4.74 Å². The molecule has 3 nitrogen and oxygen atoms in total. The van der Waals surface area contributed by atoms with Crippen molar-refractivity contribution in [1.82, 2.24) is 0 Å². The summed E-state index contributed by atoms with van der Waals surface area (Å²) < 4.78 is 28.2. The average molecular weight is 277 g/mol. The van der Waals surface area contributed by atoms with Crippen LogP contribution in [0, 0.1) is 0 Å². The molecule has 0 bridgehead atoms. The highest BCUT2D eigenvalue weighted by molar-refractivity contribution is 7.92. The van der Waals surface area contributed by atoms with Crippen molar-refractivity contribution >= 4 is 21.4 Å². The Morgan fingerprint density at radius 2 is 1.71 bits per heavy atom. The van der Waals surface area contributed by atoms with E-state index >= 15 is 0 Å². The van der Waals surface area contributed by atoms with E-state index in [0.29, 0.717) is 10.8 Å².